The van der Waals surface area contributed by atoms with Crippen LogP contribution in [0, 0.1) is 10.1 Å². The smallest absolute Gasteiger partial charge is 0.287 e. The Kier molecular flexibility index (Phi) is 3.19. The molecule has 2 aromatic rings. The Hall–Kier alpha value is -2.83. The normalized spacial score (nSPS) is 10.2. The minimum absolute atomic E-state index is 0.0973. The summed E-state index contributed by atoms with van der Waals surface area (Å²) in [5.74, 6) is -0.307. The number of hydrogen-bond donors (Lipinski definition) is 2. The Labute approximate surface area is 108 Å². The van der Waals surface area contributed by atoms with Crippen LogP contribution in [0.2, 0.25) is 0 Å². The Morgan fingerprint density at radius 1 is 1.37 bits per heavy atom. The topological polar surface area (TPSA) is 99.5 Å². The van der Waals surface area contributed by atoms with E-state index in [0.717, 1.165) is 6.20 Å². The fourth-order valence-electron chi connectivity index (χ4n) is 1.59. The lowest BCUT2D eigenvalue weighted by Crippen LogP contribution is -2.26. The summed E-state index contributed by atoms with van der Waals surface area (Å²) in [6.45, 7) is 0. The SMILES string of the molecule is CN(C(=O)c1cc([N+](=O)[O-])c[nH]1)c1ccc(O)cc1. The molecule has 0 aliphatic rings. The standard InChI is InChI=1S/C12H11N3O4/c1-14(8-2-4-10(16)5-3-8)12(17)11-6-9(7-13-11)15(18)19/h2-7,13,16H,1H3. The van der Waals surface area contributed by atoms with Gasteiger partial charge in [0, 0.05) is 18.8 Å². The van der Waals surface area contributed by atoms with E-state index < -0.39 is 10.8 Å². The number of aromatic nitrogens is 1. The molecule has 0 unspecified atom stereocenters. The second-order valence-electron chi connectivity index (χ2n) is 3.91. The first-order valence-electron chi connectivity index (χ1n) is 5.39. The van der Waals surface area contributed by atoms with Gasteiger partial charge in [-0.05, 0) is 24.3 Å². The molecule has 2 N–H and O–H groups in total. The van der Waals surface area contributed by atoms with E-state index in [2.05, 4.69) is 4.98 Å². The van der Waals surface area contributed by atoms with E-state index in [4.69, 9.17) is 0 Å². The minimum atomic E-state index is -0.576. The molecule has 2 rings (SSSR count). The summed E-state index contributed by atoms with van der Waals surface area (Å²) in [5.41, 5.74) is 0.532. The number of anilines is 1. The molecule has 98 valence electrons. The van der Waals surface area contributed by atoms with Gasteiger partial charge in [-0.2, -0.15) is 0 Å². The summed E-state index contributed by atoms with van der Waals surface area (Å²) in [4.78, 5) is 25.9. The highest BCUT2D eigenvalue weighted by molar-refractivity contribution is 6.04. The first kappa shape index (κ1) is 12.6. The average Bonchev–Trinajstić information content (AvgIpc) is 2.87. The number of rotatable bonds is 3. The molecule has 1 aromatic heterocycles. The van der Waals surface area contributed by atoms with Crippen LogP contribution < -0.4 is 4.90 Å². The fraction of sp³-hybridized carbons (Fsp3) is 0.0833. The number of nitro groups is 1. The van der Waals surface area contributed by atoms with Crippen LogP contribution in [0.4, 0.5) is 11.4 Å². The molecular formula is C12H11N3O4. The maximum Gasteiger partial charge on any atom is 0.287 e. The molecule has 0 atom stereocenters. The van der Waals surface area contributed by atoms with E-state index in [1.54, 1.807) is 19.2 Å². The van der Waals surface area contributed by atoms with E-state index in [1.165, 1.54) is 23.1 Å². The van der Waals surface area contributed by atoms with Gasteiger partial charge in [-0.25, -0.2) is 0 Å². The summed E-state index contributed by atoms with van der Waals surface area (Å²) in [6.07, 6.45) is 1.16. The largest absolute Gasteiger partial charge is 0.508 e. The van der Waals surface area contributed by atoms with Crippen LogP contribution in [0.15, 0.2) is 36.5 Å². The number of benzene rings is 1. The van der Waals surface area contributed by atoms with Crippen LogP contribution in [-0.2, 0) is 0 Å². The van der Waals surface area contributed by atoms with E-state index >= 15 is 0 Å². The highest BCUT2D eigenvalue weighted by Gasteiger charge is 2.18. The number of phenols is 1. The molecule has 7 heteroatoms. The van der Waals surface area contributed by atoms with Crippen LogP contribution in [-0.4, -0.2) is 28.0 Å². The summed E-state index contributed by atoms with van der Waals surface area (Å²) >= 11 is 0. The van der Waals surface area contributed by atoms with Gasteiger partial charge in [0.25, 0.3) is 11.6 Å². The van der Waals surface area contributed by atoms with Crippen molar-refractivity contribution in [2.24, 2.45) is 0 Å². The molecule has 0 radical (unpaired) electrons. The number of carbonyl (C=O) groups is 1. The van der Waals surface area contributed by atoms with Crippen LogP contribution in [0.25, 0.3) is 0 Å². The third kappa shape index (κ3) is 2.54. The lowest BCUT2D eigenvalue weighted by Gasteiger charge is -2.16. The van der Waals surface area contributed by atoms with E-state index in [0.29, 0.717) is 5.69 Å². The zero-order valence-corrected chi connectivity index (χ0v) is 10.0. The van der Waals surface area contributed by atoms with Gasteiger partial charge >= 0.3 is 0 Å². The number of carbonyl (C=O) groups excluding carboxylic acids is 1. The number of nitrogens with one attached hydrogen (secondary N) is 1. The van der Waals surface area contributed by atoms with Gasteiger partial charge in [-0.15, -0.1) is 0 Å². The number of aromatic amines is 1. The van der Waals surface area contributed by atoms with Gasteiger partial charge in [0.2, 0.25) is 0 Å². The van der Waals surface area contributed by atoms with Crippen LogP contribution in [0.1, 0.15) is 10.5 Å². The van der Waals surface area contributed by atoms with Crippen LogP contribution in [0.3, 0.4) is 0 Å². The Balaban J connectivity index is 2.22. The zero-order chi connectivity index (χ0) is 14.0. The van der Waals surface area contributed by atoms with Gasteiger partial charge in [0.05, 0.1) is 11.1 Å². The maximum atomic E-state index is 12.1. The van der Waals surface area contributed by atoms with Crippen molar-refractivity contribution in [3.8, 4) is 5.75 Å². The van der Waals surface area contributed by atoms with Crippen molar-refractivity contribution in [1.29, 1.82) is 0 Å². The molecule has 0 spiro atoms. The summed E-state index contributed by atoms with van der Waals surface area (Å²) in [6, 6.07) is 7.24. The molecule has 19 heavy (non-hydrogen) atoms. The van der Waals surface area contributed by atoms with Crippen molar-refractivity contribution in [2.75, 3.05) is 11.9 Å². The van der Waals surface area contributed by atoms with Gasteiger partial charge in [0.1, 0.15) is 11.4 Å². The van der Waals surface area contributed by atoms with E-state index in [1.807, 2.05) is 0 Å². The molecule has 7 nitrogen and oxygen atoms in total. The van der Waals surface area contributed by atoms with Crippen LogP contribution >= 0.6 is 0 Å². The Bertz CT molecular complexity index is 618. The summed E-state index contributed by atoms with van der Waals surface area (Å²) in [5, 5.41) is 19.7. The lowest BCUT2D eigenvalue weighted by atomic mass is 10.2. The molecular weight excluding hydrogens is 250 g/mol. The van der Waals surface area contributed by atoms with E-state index in [-0.39, 0.29) is 17.1 Å². The number of amides is 1. The van der Waals surface area contributed by atoms with Gasteiger partial charge in [-0.1, -0.05) is 0 Å². The van der Waals surface area contributed by atoms with Crippen molar-refractivity contribution >= 4 is 17.3 Å². The highest BCUT2D eigenvalue weighted by atomic mass is 16.6. The molecule has 0 fully saturated rings. The molecule has 0 saturated heterocycles. The predicted molar refractivity (Wildman–Crippen MR) is 68.3 cm³/mol. The van der Waals surface area contributed by atoms with Gasteiger partial charge in [-0.3, -0.25) is 14.9 Å². The first-order chi connectivity index (χ1) is 8.99. The fourth-order valence-corrected chi connectivity index (χ4v) is 1.59. The first-order valence-corrected chi connectivity index (χ1v) is 5.39. The predicted octanol–water partition coefficient (Wildman–Crippen LogP) is 1.91. The number of aromatic hydroxyl groups is 1. The quantitative estimate of drug-likeness (QED) is 0.651. The number of H-pyrrole nitrogens is 1. The average molecular weight is 261 g/mol. The number of nitrogens with zero attached hydrogens (tertiary/aromatic N) is 2. The second kappa shape index (κ2) is 4.81. The van der Waals surface area contributed by atoms with Crippen LogP contribution in [0.5, 0.6) is 5.75 Å². The molecule has 0 bridgehead atoms. The summed E-state index contributed by atoms with van der Waals surface area (Å²) < 4.78 is 0. The lowest BCUT2D eigenvalue weighted by molar-refractivity contribution is -0.384. The Morgan fingerprint density at radius 3 is 2.53 bits per heavy atom. The zero-order valence-electron chi connectivity index (χ0n) is 10.0. The number of phenolic OH excluding ortho intramolecular Hbond substituents is 1. The molecule has 0 saturated carbocycles. The van der Waals surface area contributed by atoms with Crippen molar-refractivity contribution in [2.45, 2.75) is 0 Å². The van der Waals surface area contributed by atoms with Crippen molar-refractivity contribution in [3.05, 3.63) is 52.3 Å². The monoisotopic (exact) mass is 261 g/mol. The van der Waals surface area contributed by atoms with Crippen molar-refractivity contribution in [3.63, 3.8) is 0 Å². The molecule has 1 aromatic carbocycles. The Morgan fingerprint density at radius 2 is 2.00 bits per heavy atom. The van der Waals surface area contributed by atoms with E-state index in [9.17, 15) is 20.0 Å². The third-order valence-corrected chi connectivity index (χ3v) is 2.65. The van der Waals surface area contributed by atoms with Crippen molar-refractivity contribution in [1.82, 2.24) is 4.98 Å². The third-order valence-electron chi connectivity index (χ3n) is 2.65. The minimum Gasteiger partial charge on any atom is -0.508 e. The highest BCUT2D eigenvalue weighted by Crippen LogP contribution is 2.20. The van der Waals surface area contributed by atoms with Gasteiger partial charge < -0.3 is 15.0 Å². The van der Waals surface area contributed by atoms with Gasteiger partial charge in [0.15, 0.2) is 0 Å². The molecule has 1 heterocycles. The number of hydrogen-bond acceptors (Lipinski definition) is 4. The maximum absolute atomic E-state index is 12.1. The second-order valence-corrected chi connectivity index (χ2v) is 3.91. The molecule has 1 amide bonds. The molecule has 0 aliphatic carbocycles. The summed E-state index contributed by atoms with van der Waals surface area (Å²) in [7, 11) is 1.54. The van der Waals surface area contributed by atoms with Crippen molar-refractivity contribution < 1.29 is 14.8 Å². The molecule has 0 aliphatic heterocycles.